The Hall–Kier alpha value is -1.78. The summed E-state index contributed by atoms with van der Waals surface area (Å²) in [4.78, 5) is 0. The van der Waals surface area contributed by atoms with Gasteiger partial charge >= 0.3 is 0 Å². The molecule has 0 radical (unpaired) electrons. The second-order valence-corrected chi connectivity index (χ2v) is 7.60. The van der Waals surface area contributed by atoms with E-state index in [9.17, 15) is 0 Å². The number of hydrogen-bond acceptors (Lipinski definition) is 3. The summed E-state index contributed by atoms with van der Waals surface area (Å²) in [6.45, 7) is 0.850. The second-order valence-electron chi connectivity index (χ2n) is 5.97. The maximum Gasteiger partial charge on any atom is 0.166 e. The molecule has 3 aromatic rings. The maximum absolute atomic E-state index is 6.08. The zero-order valence-corrected chi connectivity index (χ0v) is 18.0. The van der Waals surface area contributed by atoms with E-state index in [2.05, 4.69) is 5.32 Å². The molecule has 0 heterocycles. The van der Waals surface area contributed by atoms with Crippen molar-refractivity contribution in [3.05, 3.63) is 85.8 Å². The molecular weight excluding hydrogens is 440 g/mol. The van der Waals surface area contributed by atoms with Crippen molar-refractivity contribution in [2.75, 3.05) is 12.4 Å². The van der Waals surface area contributed by atoms with Crippen molar-refractivity contribution in [1.29, 1.82) is 0 Å². The van der Waals surface area contributed by atoms with Gasteiger partial charge in [0.1, 0.15) is 6.61 Å². The number of methoxy groups -OCH3 is 1. The van der Waals surface area contributed by atoms with Gasteiger partial charge in [-0.2, -0.15) is 0 Å². The van der Waals surface area contributed by atoms with Gasteiger partial charge in [0.25, 0.3) is 0 Å². The monoisotopic (exact) mass is 455 g/mol. The van der Waals surface area contributed by atoms with Gasteiger partial charge in [-0.1, -0.05) is 64.6 Å². The zero-order chi connectivity index (χ0) is 20.1. The van der Waals surface area contributed by atoms with E-state index in [0.29, 0.717) is 44.7 Å². The Morgan fingerprint density at radius 2 is 1.54 bits per heavy atom. The van der Waals surface area contributed by atoms with Crippen molar-refractivity contribution in [3.8, 4) is 11.5 Å². The number of ether oxygens (including phenoxy) is 2. The van der Waals surface area contributed by atoms with Crippen molar-refractivity contribution >= 4 is 52.1 Å². The molecule has 0 unspecified atom stereocenters. The van der Waals surface area contributed by atoms with E-state index < -0.39 is 0 Å². The normalized spacial score (nSPS) is 10.6. The van der Waals surface area contributed by atoms with Gasteiger partial charge in [0.05, 0.1) is 27.2 Å². The predicted molar refractivity (Wildman–Crippen MR) is 118 cm³/mol. The fourth-order valence-electron chi connectivity index (χ4n) is 2.61. The van der Waals surface area contributed by atoms with Crippen LogP contribution in [0.3, 0.4) is 0 Å². The molecule has 7 heteroatoms. The van der Waals surface area contributed by atoms with Gasteiger partial charge in [0.2, 0.25) is 0 Å². The summed E-state index contributed by atoms with van der Waals surface area (Å²) >= 11 is 24.1. The molecule has 3 aromatic carbocycles. The standard InChI is InChI=1S/C21H17Cl4NO2/c1-27-20-4-2-3-14(11-26-15-6-8-17(23)19(25)10-15)21(20)28-12-13-5-7-16(22)18(24)9-13/h2-10,26H,11-12H2,1H3. The summed E-state index contributed by atoms with van der Waals surface area (Å²) in [5, 5.41) is 5.32. The van der Waals surface area contributed by atoms with Crippen molar-refractivity contribution in [1.82, 2.24) is 0 Å². The second kappa shape index (κ2) is 9.62. The van der Waals surface area contributed by atoms with E-state index in [1.807, 2.05) is 30.3 Å². The van der Waals surface area contributed by atoms with Gasteiger partial charge in [0.15, 0.2) is 11.5 Å². The van der Waals surface area contributed by atoms with Crippen molar-refractivity contribution in [2.45, 2.75) is 13.2 Å². The van der Waals surface area contributed by atoms with Gasteiger partial charge in [-0.15, -0.1) is 0 Å². The van der Waals surface area contributed by atoms with Crippen molar-refractivity contribution < 1.29 is 9.47 Å². The van der Waals surface area contributed by atoms with Crippen LogP contribution in [0, 0.1) is 0 Å². The summed E-state index contributed by atoms with van der Waals surface area (Å²) in [5.41, 5.74) is 2.70. The lowest BCUT2D eigenvalue weighted by Crippen LogP contribution is -2.05. The fraction of sp³-hybridized carbons (Fsp3) is 0.143. The molecule has 3 rings (SSSR count). The van der Waals surface area contributed by atoms with Crippen LogP contribution in [0.4, 0.5) is 5.69 Å². The molecule has 3 nitrogen and oxygen atoms in total. The highest BCUT2D eigenvalue weighted by molar-refractivity contribution is 6.42. The third kappa shape index (κ3) is 5.18. The summed E-state index contributed by atoms with van der Waals surface area (Å²) in [6.07, 6.45) is 0. The van der Waals surface area contributed by atoms with Crippen LogP contribution in [-0.2, 0) is 13.2 Å². The minimum absolute atomic E-state index is 0.330. The zero-order valence-electron chi connectivity index (χ0n) is 14.9. The summed E-state index contributed by atoms with van der Waals surface area (Å²) in [7, 11) is 1.61. The molecule has 0 saturated heterocycles. The minimum atomic E-state index is 0.330. The minimum Gasteiger partial charge on any atom is -0.493 e. The average Bonchev–Trinajstić information content (AvgIpc) is 2.69. The largest absolute Gasteiger partial charge is 0.493 e. The lowest BCUT2D eigenvalue weighted by atomic mass is 10.1. The third-order valence-electron chi connectivity index (χ3n) is 4.05. The topological polar surface area (TPSA) is 30.5 Å². The maximum atomic E-state index is 6.08. The molecule has 0 saturated carbocycles. The van der Waals surface area contributed by atoms with Gasteiger partial charge in [-0.25, -0.2) is 0 Å². The highest BCUT2D eigenvalue weighted by Gasteiger charge is 2.12. The van der Waals surface area contributed by atoms with E-state index in [-0.39, 0.29) is 0 Å². The first-order valence-electron chi connectivity index (χ1n) is 8.39. The molecule has 1 N–H and O–H groups in total. The van der Waals surface area contributed by atoms with E-state index in [0.717, 1.165) is 16.8 Å². The van der Waals surface area contributed by atoms with E-state index in [1.165, 1.54) is 0 Å². The van der Waals surface area contributed by atoms with Crippen LogP contribution in [0.15, 0.2) is 54.6 Å². The predicted octanol–water partition coefficient (Wildman–Crippen LogP) is 7.50. The van der Waals surface area contributed by atoms with Gasteiger partial charge in [0, 0.05) is 17.8 Å². The molecule has 0 fully saturated rings. The first kappa shape index (κ1) is 20.9. The third-order valence-corrected chi connectivity index (χ3v) is 5.53. The molecule has 0 bridgehead atoms. The van der Waals surface area contributed by atoms with Crippen LogP contribution in [0.2, 0.25) is 20.1 Å². The van der Waals surface area contributed by atoms with Crippen LogP contribution in [0.25, 0.3) is 0 Å². The fourth-order valence-corrected chi connectivity index (χ4v) is 3.23. The number of benzene rings is 3. The first-order valence-corrected chi connectivity index (χ1v) is 9.90. The van der Waals surface area contributed by atoms with Gasteiger partial charge < -0.3 is 14.8 Å². The summed E-state index contributed by atoms with van der Waals surface area (Å²) < 4.78 is 11.5. The molecular formula is C21H17Cl4NO2. The first-order chi connectivity index (χ1) is 13.5. The SMILES string of the molecule is COc1cccc(CNc2ccc(Cl)c(Cl)c2)c1OCc1ccc(Cl)c(Cl)c1. The van der Waals surface area contributed by atoms with Crippen LogP contribution in [0.1, 0.15) is 11.1 Å². The van der Waals surface area contributed by atoms with Crippen LogP contribution < -0.4 is 14.8 Å². The average molecular weight is 457 g/mol. The Morgan fingerprint density at radius 3 is 2.21 bits per heavy atom. The van der Waals surface area contributed by atoms with Gasteiger partial charge in [-0.05, 0) is 42.0 Å². The summed E-state index contributed by atoms with van der Waals surface area (Å²) in [5.74, 6) is 1.30. The van der Waals surface area contributed by atoms with E-state index in [4.69, 9.17) is 55.9 Å². The van der Waals surface area contributed by atoms with Crippen LogP contribution in [-0.4, -0.2) is 7.11 Å². The highest BCUT2D eigenvalue weighted by Crippen LogP contribution is 2.33. The molecule has 0 aliphatic carbocycles. The number of para-hydroxylation sites is 1. The van der Waals surface area contributed by atoms with Crippen LogP contribution in [0.5, 0.6) is 11.5 Å². The number of anilines is 1. The van der Waals surface area contributed by atoms with Crippen molar-refractivity contribution in [3.63, 3.8) is 0 Å². The number of nitrogens with one attached hydrogen (secondary N) is 1. The van der Waals surface area contributed by atoms with E-state index in [1.54, 1.807) is 31.4 Å². The van der Waals surface area contributed by atoms with Crippen LogP contribution >= 0.6 is 46.4 Å². The Kier molecular flexibility index (Phi) is 7.19. The Labute approximate surface area is 184 Å². The Balaban J connectivity index is 1.77. The molecule has 28 heavy (non-hydrogen) atoms. The molecule has 0 spiro atoms. The molecule has 0 amide bonds. The Bertz CT molecular complexity index is 979. The molecule has 0 aliphatic heterocycles. The molecule has 0 aliphatic rings. The lowest BCUT2D eigenvalue weighted by molar-refractivity contribution is 0.281. The van der Waals surface area contributed by atoms with E-state index >= 15 is 0 Å². The quantitative estimate of drug-likeness (QED) is 0.399. The molecule has 0 atom stereocenters. The lowest BCUT2D eigenvalue weighted by Gasteiger charge is -2.16. The molecule has 0 aromatic heterocycles. The number of hydrogen-bond donors (Lipinski definition) is 1. The summed E-state index contributed by atoms with van der Waals surface area (Å²) in [6, 6.07) is 16.5. The van der Waals surface area contributed by atoms with Gasteiger partial charge in [-0.3, -0.25) is 0 Å². The Morgan fingerprint density at radius 1 is 0.821 bits per heavy atom. The number of halogens is 4. The van der Waals surface area contributed by atoms with Crippen molar-refractivity contribution in [2.24, 2.45) is 0 Å². The smallest absolute Gasteiger partial charge is 0.166 e. The highest BCUT2D eigenvalue weighted by atomic mass is 35.5. The molecule has 146 valence electrons. The number of rotatable bonds is 7.